The normalized spacial score (nSPS) is 10.6. The summed E-state index contributed by atoms with van der Waals surface area (Å²) >= 11 is 5.97. The first-order valence-corrected chi connectivity index (χ1v) is 6.58. The Labute approximate surface area is 121 Å². The maximum atomic E-state index is 12.4. The molecule has 6 nitrogen and oxygen atoms in total. The number of nitrogen functional groups attached to an aromatic ring is 1. The lowest BCUT2D eigenvalue weighted by molar-refractivity contribution is 0.101. The van der Waals surface area contributed by atoms with Crippen LogP contribution in [0.1, 0.15) is 28.7 Å². The number of amides is 1. The Bertz CT molecular complexity index is 665. The Hall–Kier alpha value is -2.08. The van der Waals surface area contributed by atoms with Crippen LogP contribution in [0.15, 0.2) is 12.3 Å². The van der Waals surface area contributed by atoms with Crippen LogP contribution in [0.2, 0.25) is 5.15 Å². The van der Waals surface area contributed by atoms with Crippen molar-refractivity contribution >= 4 is 28.9 Å². The number of carbonyl (C=O) groups excluding carboxylic acids is 1. The van der Waals surface area contributed by atoms with Crippen molar-refractivity contribution in [3.8, 4) is 0 Å². The largest absolute Gasteiger partial charge is 0.395 e. The van der Waals surface area contributed by atoms with Gasteiger partial charge in [-0.05, 0) is 32.4 Å². The zero-order valence-electron chi connectivity index (χ0n) is 11.6. The van der Waals surface area contributed by atoms with E-state index >= 15 is 0 Å². The molecule has 0 saturated heterocycles. The summed E-state index contributed by atoms with van der Waals surface area (Å²) in [6.07, 6.45) is 1.63. The van der Waals surface area contributed by atoms with Crippen molar-refractivity contribution in [2.24, 2.45) is 0 Å². The third-order valence-electron chi connectivity index (χ3n) is 2.91. The summed E-state index contributed by atoms with van der Waals surface area (Å²) in [6.45, 7) is 6.08. The summed E-state index contributed by atoms with van der Waals surface area (Å²) in [5, 5.41) is 7.17. The monoisotopic (exact) mass is 293 g/mol. The topological polar surface area (TPSA) is 85.8 Å². The third-order valence-corrected chi connectivity index (χ3v) is 3.21. The second kappa shape index (κ2) is 5.50. The van der Waals surface area contributed by atoms with E-state index in [1.807, 2.05) is 13.8 Å². The van der Waals surface area contributed by atoms with Crippen LogP contribution in [-0.4, -0.2) is 20.7 Å². The minimum Gasteiger partial charge on any atom is -0.395 e. The SMILES string of the molecule is CCn1nc(C)c(N)c1C(=O)Nc1cc(C)cnc1Cl. The molecule has 0 unspecified atom stereocenters. The van der Waals surface area contributed by atoms with Gasteiger partial charge in [-0.15, -0.1) is 0 Å². The van der Waals surface area contributed by atoms with Crippen molar-refractivity contribution in [2.45, 2.75) is 27.3 Å². The molecule has 106 valence electrons. The summed E-state index contributed by atoms with van der Waals surface area (Å²) < 4.78 is 1.57. The van der Waals surface area contributed by atoms with Crippen molar-refractivity contribution in [1.82, 2.24) is 14.8 Å². The molecule has 0 aliphatic carbocycles. The number of pyridine rings is 1. The number of hydrogen-bond acceptors (Lipinski definition) is 4. The molecule has 7 heteroatoms. The number of rotatable bonds is 3. The first kappa shape index (κ1) is 14.3. The molecule has 0 aliphatic heterocycles. The van der Waals surface area contributed by atoms with Crippen LogP contribution in [0, 0.1) is 13.8 Å². The van der Waals surface area contributed by atoms with Gasteiger partial charge in [0.05, 0.1) is 17.1 Å². The first-order chi connectivity index (χ1) is 9.43. The molecular weight excluding hydrogens is 278 g/mol. The first-order valence-electron chi connectivity index (χ1n) is 6.20. The van der Waals surface area contributed by atoms with Crippen LogP contribution in [0.25, 0.3) is 0 Å². The molecule has 2 heterocycles. The number of halogens is 1. The average Bonchev–Trinajstić information content (AvgIpc) is 2.69. The summed E-state index contributed by atoms with van der Waals surface area (Å²) in [6, 6.07) is 1.75. The highest BCUT2D eigenvalue weighted by atomic mass is 35.5. The molecule has 0 radical (unpaired) electrons. The molecule has 3 N–H and O–H groups in total. The number of nitrogens with zero attached hydrogens (tertiary/aromatic N) is 3. The molecule has 0 spiro atoms. The standard InChI is InChI=1S/C13H16ClN5O/c1-4-19-11(10(15)8(3)18-19)13(20)17-9-5-7(2)6-16-12(9)14/h5-6H,4,15H2,1-3H3,(H,17,20). The van der Waals surface area contributed by atoms with Gasteiger partial charge in [0.1, 0.15) is 5.69 Å². The van der Waals surface area contributed by atoms with E-state index in [2.05, 4.69) is 15.4 Å². The second-order valence-electron chi connectivity index (χ2n) is 4.47. The summed E-state index contributed by atoms with van der Waals surface area (Å²) in [7, 11) is 0. The van der Waals surface area contributed by atoms with Gasteiger partial charge in [0.15, 0.2) is 5.15 Å². The van der Waals surface area contributed by atoms with Crippen molar-refractivity contribution < 1.29 is 4.79 Å². The Morgan fingerprint density at radius 3 is 2.85 bits per heavy atom. The fraction of sp³-hybridized carbons (Fsp3) is 0.308. The van der Waals surface area contributed by atoms with Gasteiger partial charge >= 0.3 is 0 Å². The van der Waals surface area contributed by atoms with Gasteiger partial charge in [-0.3, -0.25) is 9.48 Å². The Morgan fingerprint density at radius 1 is 1.50 bits per heavy atom. The predicted octanol–water partition coefficient (Wildman–Crippen LogP) is 2.40. The van der Waals surface area contributed by atoms with Gasteiger partial charge in [-0.25, -0.2) is 4.98 Å². The Morgan fingerprint density at radius 2 is 2.20 bits per heavy atom. The van der Waals surface area contributed by atoms with E-state index in [-0.39, 0.29) is 11.1 Å². The number of aryl methyl sites for hydroxylation is 3. The number of carbonyl (C=O) groups is 1. The molecule has 20 heavy (non-hydrogen) atoms. The van der Waals surface area contributed by atoms with Gasteiger partial charge in [-0.2, -0.15) is 5.10 Å². The Balaban J connectivity index is 2.35. The van der Waals surface area contributed by atoms with E-state index in [0.717, 1.165) is 5.56 Å². The van der Waals surface area contributed by atoms with E-state index < -0.39 is 0 Å². The van der Waals surface area contributed by atoms with E-state index in [1.54, 1.807) is 23.9 Å². The van der Waals surface area contributed by atoms with Crippen LogP contribution in [0.5, 0.6) is 0 Å². The smallest absolute Gasteiger partial charge is 0.276 e. The maximum absolute atomic E-state index is 12.4. The molecule has 2 aromatic rings. The molecular formula is C13H16ClN5O. The molecule has 2 aromatic heterocycles. The molecule has 0 aromatic carbocycles. The van der Waals surface area contributed by atoms with Crippen LogP contribution in [0.3, 0.4) is 0 Å². The number of anilines is 2. The summed E-state index contributed by atoms with van der Waals surface area (Å²) in [5.41, 5.74) is 8.61. The maximum Gasteiger partial charge on any atom is 0.276 e. The van der Waals surface area contributed by atoms with Gasteiger partial charge in [0.2, 0.25) is 0 Å². The summed E-state index contributed by atoms with van der Waals surface area (Å²) in [5.74, 6) is -0.348. The van der Waals surface area contributed by atoms with Gasteiger partial charge < -0.3 is 11.1 Å². The average molecular weight is 294 g/mol. The summed E-state index contributed by atoms with van der Waals surface area (Å²) in [4.78, 5) is 16.3. The van der Waals surface area contributed by atoms with Crippen molar-refractivity contribution in [3.63, 3.8) is 0 Å². The molecule has 2 rings (SSSR count). The van der Waals surface area contributed by atoms with Crippen LogP contribution in [0.4, 0.5) is 11.4 Å². The Kier molecular flexibility index (Phi) is 3.94. The van der Waals surface area contributed by atoms with E-state index in [9.17, 15) is 4.79 Å². The van der Waals surface area contributed by atoms with Gasteiger partial charge in [-0.1, -0.05) is 11.6 Å². The fourth-order valence-electron chi connectivity index (χ4n) is 1.89. The van der Waals surface area contributed by atoms with Crippen molar-refractivity contribution in [3.05, 3.63) is 34.4 Å². The number of nitrogens with two attached hydrogens (primary N) is 1. The third kappa shape index (κ3) is 2.60. The van der Waals surface area contributed by atoms with Gasteiger partial charge in [0.25, 0.3) is 5.91 Å². The molecule has 0 atom stereocenters. The van der Waals surface area contributed by atoms with Crippen LogP contribution < -0.4 is 11.1 Å². The van der Waals surface area contributed by atoms with Crippen molar-refractivity contribution in [1.29, 1.82) is 0 Å². The van der Waals surface area contributed by atoms with E-state index in [1.165, 1.54) is 0 Å². The quantitative estimate of drug-likeness (QED) is 0.851. The fourth-order valence-corrected chi connectivity index (χ4v) is 2.04. The molecule has 1 amide bonds. The zero-order valence-corrected chi connectivity index (χ0v) is 12.3. The number of nitrogens with one attached hydrogen (secondary N) is 1. The van der Waals surface area contributed by atoms with Crippen molar-refractivity contribution in [2.75, 3.05) is 11.1 Å². The minimum atomic E-state index is -0.348. The predicted molar refractivity (Wildman–Crippen MR) is 79.0 cm³/mol. The second-order valence-corrected chi connectivity index (χ2v) is 4.83. The molecule has 0 bridgehead atoms. The van der Waals surface area contributed by atoms with E-state index in [4.69, 9.17) is 17.3 Å². The lowest BCUT2D eigenvalue weighted by atomic mass is 10.2. The highest BCUT2D eigenvalue weighted by Crippen LogP contribution is 2.23. The molecule has 0 saturated carbocycles. The van der Waals surface area contributed by atoms with Crippen LogP contribution >= 0.6 is 11.6 Å². The highest BCUT2D eigenvalue weighted by Gasteiger charge is 2.20. The number of hydrogen-bond donors (Lipinski definition) is 2. The molecule has 0 aliphatic rings. The van der Waals surface area contributed by atoms with Crippen LogP contribution in [-0.2, 0) is 6.54 Å². The molecule has 0 fully saturated rings. The lowest BCUT2D eigenvalue weighted by Gasteiger charge is -2.09. The number of aromatic nitrogens is 3. The zero-order chi connectivity index (χ0) is 14.9. The lowest BCUT2D eigenvalue weighted by Crippen LogP contribution is -2.19. The van der Waals surface area contributed by atoms with E-state index in [0.29, 0.717) is 29.3 Å². The van der Waals surface area contributed by atoms with Gasteiger partial charge in [0, 0.05) is 12.7 Å². The minimum absolute atomic E-state index is 0.238. The highest BCUT2D eigenvalue weighted by molar-refractivity contribution is 6.32.